The SMILES string of the molecule is O=C(COc1ccccc1)C1CCCN1c1nc2c(=O)[nH]c(-c3ccccc3F)nc2s1. The molecule has 0 spiro atoms. The average molecular weight is 450 g/mol. The summed E-state index contributed by atoms with van der Waals surface area (Å²) in [6.07, 6.45) is 1.53. The second kappa shape index (κ2) is 8.51. The number of aromatic nitrogens is 3. The molecule has 1 saturated heterocycles. The van der Waals surface area contributed by atoms with Crippen LogP contribution < -0.4 is 15.2 Å². The number of hydrogen-bond donors (Lipinski definition) is 1. The van der Waals surface area contributed by atoms with Gasteiger partial charge in [-0.2, -0.15) is 0 Å². The summed E-state index contributed by atoms with van der Waals surface area (Å²) in [6, 6.07) is 14.9. The Labute approximate surface area is 186 Å². The number of benzene rings is 2. The molecule has 9 heteroatoms. The van der Waals surface area contributed by atoms with Crippen LogP contribution in [0.2, 0.25) is 0 Å². The molecular formula is C23H19FN4O3S. The molecular weight excluding hydrogens is 431 g/mol. The van der Waals surface area contributed by atoms with Crippen molar-refractivity contribution >= 4 is 32.6 Å². The van der Waals surface area contributed by atoms with E-state index >= 15 is 0 Å². The number of hydrogen-bond acceptors (Lipinski definition) is 7. The first-order chi connectivity index (χ1) is 15.6. The van der Waals surface area contributed by atoms with Gasteiger partial charge >= 0.3 is 0 Å². The van der Waals surface area contributed by atoms with Gasteiger partial charge in [-0.3, -0.25) is 9.59 Å². The highest BCUT2D eigenvalue weighted by atomic mass is 32.1. The lowest BCUT2D eigenvalue weighted by Crippen LogP contribution is -2.38. The zero-order chi connectivity index (χ0) is 22.1. The van der Waals surface area contributed by atoms with Crippen molar-refractivity contribution < 1.29 is 13.9 Å². The van der Waals surface area contributed by atoms with Gasteiger partial charge < -0.3 is 14.6 Å². The number of H-pyrrole nitrogens is 1. The summed E-state index contributed by atoms with van der Waals surface area (Å²) < 4.78 is 19.8. The highest BCUT2D eigenvalue weighted by Gasteiger charge is 2.33. The molecule has 1 unspecified atom stereocenters. The van der Waals surface area contributed by atoms with Crippen molar-refractivity contribution in [2.75, 3.05) is 18.1 Å². The van der Waals surface area contributed by atoms with Crippen molar-refractivity contribution in [1.29, 1.82) is 0 Å². The first-order valence-electron chi connectivity index (χ1n) is 10.2. The third-order valence-electron chi connectivity index (χ3n) is 5.38. The number of fused-ring (bicyclic) bond motifs is 1. The molecule has 1 N–H and O–H groups in total. The van der Waals surface area contributed by atoms with Crippen LogP contribution in [0.25, 0.3) is 21.7 Å². The number of para-hydroxylation sites is 1. The second-order valence-electron chi connectivity index (χ2n) is 7.46. The molecule has 0 radical (unpaired) electrons. The number of ether oxygens (including phenoxy) is 1. The number of aromatic amines is 1. The van der Waals surface area contributed by atoms with Crippen LogP contribution in [0.1, 0.15) is 12.8 Å². The van der Waals surface area contributed by atoms with Gasteiger partial charge in [-0.25, -0.2) is 14.4 Å². The van der Waals surface area contributed by atoms with E-state index in [-0.39, 0.29) is 35.3 Å². The predicted octanol–water partition coefficient (Wildman–Crippen LogP) is 3.80. The topological polar surface area (TPSA) is 88.2 Å². The van der Waals surface area contributed by atoms with Crippen molar-refractivity contribution in [3.05, 3.63) is 70.8 Å². The molecule has 0 aliphatic carbocycles. The van der Waals surface area contributed by atoms with Gasteiger partial charge in [0.25, 0.3) is 5.56 Å². The van der Waals surface area contributed by atoms with Crippen molar-refractivity contribution in [2.24, 2.45) is 0 Å². The first-order valence-corrected chi connectivity index (χ1v) is 11.0. The number of anilines is 1. The number of nitrogens with one attached hydrogen (secondary N) is 1. The summed E-state index contributed by atoms with van der Waals surface area (Å²) in [5.41, 5.74) is -0.0392. The lowest BCUT2D eigenvalue weighted by molar-refractivity contribution is -0.122. The Morgan fingerprint density at radius 2 is 1.94 bits per heavy atom. The number of carbonyl (C=O) groups excluding carboxylic acids is 1. The van der Waals surface area contributed by atoms with E-state index in [0.29, 0.717) is 28.7 Å². The van der Waals surface area contributed by atoms with Crippen molar-refractivity contribution in [1.82, 2.24) is 15.0 Å². The molecule has 3 heterocycles. The fourth-order valence-electron chi connectivity index (χ4n) is 3.82. The molecule has 0 saturated carbocycles. The fraction of sp³-hybridized carbons (Fsp3) is 0.217. The van der Waals surface area contributed by atoms with E-state index in [1.807, 2.05) is 23.1 Å². The highest BCUT2D eigenvalue weighted by Crippen LogP contribution is 2.32. The Morgan fingerprint density at radius 1 is 1.16 bits per heavy atom. The largest absolute Gasteiger partial charge is 0.486 e. The first kappa shape index (κ1) is 20.3. The van der Waals surface area contributed by atoms with Gasteiger partial charge in [-0.15, -0.1) is 0 Å². The molecule has 0 bridgehead atoms. The summed E-state index contributed by atoms with van der Waals surface area (Å²) in [5, 5.41) is 0.555. The molecule has 4 aromatic rings. The number of nitrogens with zero attached hydrogens (tertiary/aromatic N) is 3. The van der Waals surface area contributed by atoms with E-state index in [4.69, 9.17) is 4.74 Å². The number of thiazole rings is 1. The normalized spacial score (nSPS) is 15.9. The van der Waals surface area contributed by atoms with Crippen LogP contribution in [0.3, 0.4) is 0 Å². The summed E-state index contributed by atoms with van der Waals surface area (Å²) in [7, 11) is 0. The maximum atomic E-state index is 14.2. The van der Waals surface area contributed by atoms with Gasteiger partial charge in [0.1, 0.15) is 24.0 Å². The minimum atomic E-state index is -0.469. The third-order valence-corrected chi connectivity index (χ3v) is 6.37. The quantitative estimate of drug-likeness (QED) is 0.481. The van der Waals surface area contributed by atoms with E-state index in [0.717, 1.165) is 6.42 Å². The van der Waals surface area contributed by atoms with E-state index in [2.05, 4.69) is 15.0 Å². The monoisotopic (exact) mass is 450 g/mol. The Kier molecular flexibility index (Phi) is 5.40. The van der Waals surface area contributed by atoms with Crippen LogP contribution in [0.4, 0.5) is 9.52 Å². The van der Waals surface area contributed by atoms with Gasteiger partial charge in [0.2, 0.25) is 0 Å². The van der Waals surface area contributed by atoms with E-state index in [1.165, 1.54) is 17.4 Å². The number of halogens is 1. The fourth-order valence-corrected chi connectivity index (χ4v) is 4.84. The zero-order valence-electron chi connectivity index (χ0n) is 17.0. The molecule has 1 fully saturated rings. The molecule has 7 nitrogen and oxygen atoms in total. The van der Waals surface area contributed by atoms with Crippen molar-refractivity contribution in [3.8, 4) is 17.1 Å². The van der Waals surface area contributed by atoms with Crippen molar-refractivity contribution in [3.63, 3.8) is 0 Å². The van der Waals surface area contributed by atoms with E-state index in [1.54, 1.807) is 30.3 Å². The molecule has 1 aliphatic rings. The van der Waals surface area contributed by atoms with Crippen LogP contribution in [0, 0.1) is 5.82 Å². The number of ketones is 1. The summed E-state index contributed by atoms with van der Waals surface area (Å²) in [5.74, 6) is 0.283. The van der Waals surface area contributed by atoms with Crippen molar-refractivity contribution in [2.45, 2.75) is 18.9 Å². The van der Waals surface area contributed by atoms with Crippen LogP contribution in [0.5, 0.6) is 5.75 Å². The van der Waals surface area contributed by atoms with E-state index in [9.17, 15) is 14.0 Å². The standard InChI is InChI=1S/C23H19FN4O3S/c24-16-10-5-4-9-15(16)20-26-21(30)19-22(27-20)32-23(25-19)28-12-6-11-17(28)18(29)13-31-14-7-2-1-3-8-14/h1-5,7-10,17H,6,11-13H2,(H,26,27,30). The molecule has 5 rings (SSSR count). The molecule has 1 atom stereocenters. The molecule has 162 valence electrons. The summed E-state index contributed by atoms with van der Waals surface area (Å²) >= 11 is 1.23. The molecule has 2 aromatic carbocycles. The summed E-state index contributed by atoms with van der Waals surface area (Å²) in [4.78, 5) is 39.3. The Balaban J connectivity index is 1.41. The minimum absolute atomic E-state index is 0.0354. The molecule has 2 aromatic heterocycles. The third kappa shape index (κ3) is 3.87. The highest BCUT2D eigenvalue weighted by molar-refractivity contribution is 7.21. The van der Waals surface area contributed by atoms with Gasteiger partial charge in [0.05, 0.1) is 11.6 Å². The van der Waals surface area contributed by atoms with E-state index < -0.39 is 11.4 Å². The van der Waals surface area contributed by atoms with Gasteiger partial charge in [0.15, 0.2) is 21.3 Å². The van der Waals surface area contributed by atoms with Crippen LogP contribution in [-0.2, 0) is 4.79 Å². The molecule has 1 aliphatic heterocycles. The number of carbonyl (C=O) groups is 1. The smallest absolute Gasteiger partial charge is 0.278 e. The number of Topliss-reactive ketones (excluding diaryl/α,β-unsaturated/α-hetero) is 1. The Bertz CT molecular complexity index is 1340. The molecule has 32 heavy (non-hydrogen) atoms. The van der Waals surface area contributed by atoms with Crippen LogP contribution in [-0.4, -0.2) is 39.9 Å². The Hall–Kier alpha value is -3.59. The molecule has 0 amide bonds. The van der Waals surface area contributed by atoms with Crippen LogP contribution in [0.15, 0.2) is 59.4 Å². The Morgan fingerprint density at radius 3 is 2.75 bits per heavy atom. The number of rotatable bonds is 6. The van der Waals surface area contributed by atoms with Gasteiger partial charge in [-0.1, -0.05) is 41.7 Å². The van der Waals surface area contributed by atoms with Crippen LogP contribution >= 0.6 is 11.3 Å². The maximum Gasteiger partial charge on any atom is 0.278 e. The lowest BCUT2D eigenvalue weighted by atomic mass is 10.1. The summed E-state index contributed by atoms with van der Waals surface area (Å²) in [6.45, 7) is 0.617. The zero-order valence-corrected chi connectivity index (χ0v) is 17.8. The predicted molar refractivity (Wildman–Crippen MR) is 121 cm³/mol. The maximum absolute atomic E-state index is 14.2. The average Bonchev–Trinajstić information content (AvgIpc) is 3.46. The lowest BCUT2D eigenvalue weighted by Gasteiger charge is -2.22. The second-order valence-corrected chi connectivity index (χ2v) is 8.42. The minimum Gasteiger partial charge on any atom is -0.486 e. The van der Waals surface area contributed by atoms with Gasteiger partial charge in [0, 0.05) is 6.54 Å². The van der Waals surface area contributed by atoms with Gasteiger partial charge in [-0.05, 0) is 37.1 Å².